The van der Waals surface area contributed by atoms with Gasteiger partial charge in [-0.1, -0.05) is 0 Å². The Morgan fingerprint density at radius 3 is 2.23 bits per heavy atom. The van der Waals surface area contributed by atoms with Crippen LogP contribution in [0.3, 0.4) is 0 Å². The molecule has 0 amide bonds. The summed E-state index contributed by atoms with van der Waals surface area (Å²) in [6.07, 6.45) is 0. The number of nitriles is 1. The molecule has 2 aromatic rings. The van der Waals surface area contributed by atoms with Gasteiger partial charge in [0.2, 0.25) is 0 Å². The predicted molar refractivity (Wildman–Crippen MR) is 90.5 cm³/mol. The molecular formula is C16H18BN3OS. The number of hydrogen-bond donors (Lipinski definition) is 0. The van der Waals surface area contributed by atoms with Crippen molar-refractivity contribution in [2.24, 2.45) is 7.05 Å². The molecule has 0 saturated carbocycles. The third-order valence-corrected chi connectivity index (χ3v) is 5.43. The minimum absolute atomic E-state index is 0.384. The second-order valence-electron chi connectivity index (χ2n) is 5.34. The molecule has 0 atom stereocenters. The Morgan fingerprint density at radius 1 is 1.23 bits per heavy atom. The molecule has 2 rings (SSSR count). The zero-order chi connectivity index (χ0) is 16.6. The maximum absolute atomic E-state index is 9.69. The van der Waals surface area contributed by atoms with Crippen LogP contribution in [0.25, 0.3) is 11.3 Å². The van der Waals surface area contributed by atoms with Crippen molar-refractivity contribution in [2.75, 3.05) is 0 Å². The van der Waals surface area contributed by atoms with Crippen LogP contribution in [0.15, 0.2) is 0 Å². The Balaban J connectivity index is 2.80. The zero-order valence-corrected chi connectivity index (χ0v) is 14.6. The van der Waals surface area contributed by atoms with Crippen LogP contribution in [0, 0.1) is 45.9 Å². The largest absolute Gasteiger partial charge is 0.566 e. The second-order valence-corrected chi connectivity index (χ2v) is 6.57. The molecule has 0 spiro atoms. The van der Waals surface area contributed by atoms with Gasteiger partial charge in [0.15, 0.2) is 0 Å². The molecule has 0 N–H and O–H groups in total. The van der Waals surface area contributed by atoms with E-state index in [1.807, 2.05) is 27.8 Å². The summed E-state index contributed by atoms with van der Waals surface area (Å²) >= 11 is 1.59. The molecule has 0 aliphatic heterocycles. The summed E-state index contributed by atoms with van der Waals surface area (Å²) in [5, 5.41) is 14.1. The van der Waals surface area contributed by atoms with E-state index in [4.69, 9.17) is 12.7 Å². The highest BCUT2D eigenvalue weighted by Crippen LogP contribution is 2.37. The topological polar surface area (TPSA) is 50.8 Å². The van der Waals surface area contributed by atoms with Gasteiger partial charge in [-0.2, -0.15) is 10.4 Å². The lowest BCUT2D eigenvalue weighted by Gasteiger charge is -2.11. The average Bonchev–Trinajstić information content (AvgIpc) is 2.88. The lowest BCUT2D eigenvalue weighted by molar-refractivity contribution is 0.573. The van der Waals surface area contributed by atoms with Crippen molar-refractivity contribution in [3.63, 3.8) is 0 Å². The fourth-order valence-corrected chi connectivity index (χ4v) is 3.69. The van der Waals surface area contributed by atoms with Gasteiger partial charge in [0.25, 0.3) is 0 Å². The predicted octanol–water partition coefficient (Wildman–Crippen LogP) is 3.52. The van der Waals surface area contributed by atoms with E-state index in [1.54, 1.807) is 16.0 Å². The zero-order valence-electron chi connectivity index (χ0n) is 13.7. The van der Waals surface area contributed by atoms with Crippen LogP contribution in [-0.4, -0.2) is 17.8 Å². The average molecular weight is 311 g/mol. The molecule has 4 nitrogen and oxygen atoms in total. The van der Waals surface area contributed by atoms with Crippen molar-refractivity contribution in [1.29, 1.82) is 5.26 Å². The summed E-state index contributed by atoms with van der Waals surface area (Å²) in [5.41, 5.74) is 5.23. The van der Waals surface area contributed by atoms with Crippen LogP contribution in [0.4, 0.5) is 0 Å². The number of rotatable bonds is 3. The Bertz CT molecular complexity index is 808. The van der Waals surface area contributed by atoms with Crippen molar-refractivity contribution in [3.8, 4) is 6.07 Å². The molecule has 2 radical (unpaired) electrons. The first-order chi connectivity index (χ1) is 10.3. The van der Waals surface area contributed by atoms with Gasteiger partial charge in [-0.05, 0) is 45.7 Å². The number of allylic oxidation sites excluding steroid dienone is 1. The monoisotopic (exact) mass is 311 g/mol. The quantitative estimate of drug-likeness (QED) is 0.495. The molecule has 0 aromatic carbocycles. The van der Waals surface area contributed by atoms with Crippen LogP contribution in [0.1, 0.15) is 37.8 Å². The molecule has 0 fully saturated rings. The van der Waals surface area contributed by atoms with E-state index < -0.39 is 0 Å². The van der Waals surface area contributed by atoms with E-state index in [0.29, 0.717) is 11.3 Å². The summed E-state index contributed by atoms with van der Waals surface area (Å²) in [6.45, 7) is 9.94. The highest BCUT2D eigenvalue weighted by Gasteiger charge is 2.22. The Hall–Kier alpha value is -2.00. The van der Waals surface area contributed by atoms with E-state index in [9.17, 15) is 5.26 Å². The maximum Gasteiger partial charge on any atom is 0.374 e. The van der Waals surface area contributed by atoms with Crippen LogP contribution in [0.2, 0.25) is 0 Å². The van der Waals surface area contributed by atoms with Gasteiger partial charge in [0.1, 0.15) is 17.4 Å². The lowest BCUT2D eigenvalue weighted by Crippen LogP contribution is -1.98. The van der Waals surface area contributed by atoms with Crippen molar-refractivity contribution in [3.05, 3.63) is 37.8 Å². The highest BCUT2D eigenvalue weighted by atomic mass is 32.1. The van der Waals surface area contributed by atoms with Crippen molar-refractivity contribution >= 4 is 30.7 Å². The Kier molecular flexibility index (Phi) is 4.48. The summed E-state index contributed by atoms with van der Waals surface area (Å²) in [5.74, 6) is 0.384. The van der Waals surface area contributed by atoms with Crippen LogP contribution < -0.4 is 0 Å². The number of aromatic nitrogens is 2. The van der Waals surface area contributed by atoms with E-state index in [1.165, 1.54) is 10.4 Å². The molecule has 112 valence electrons. The molecule has 0 aliphatic carbocycles. The van der Waals surface area contributed by atoms with Crippen LogP contribution in [0.5, 0.6) is 0 Å². The summed E-state index contributed by atoms with van der Waals surface area (Å²) in [7, 11) is 7.38. The fraction of sp³-hybridized carbons (Fsp3) is 0.375. The molecule has 0 unspecified atom stereocenters. The van der Waals surface area contributed by atoms with Crippen LogP contribution in [-0.2, 0) is 11.7 Å². The standard InChI is InChI=1S/C16H18BN3OS/c1-8-9(2)16(22-12(8)5)13(7-18)15(21-17)14-10(3)19-20(6)11(14)4/h1-6H3. The molecular weight excluding hydrogens is 293 g/mol. The Labute approximate surface area is 136 Å². The Morgan fingerprint density at radius 2 is 1.86 bits per heavy atom. The third-order valence-electron chi connectivity index (χ3n) is 4.11. The van der Waals surface area contributed by atoms with Gasteiger partial charge >= 0.3 is 8.05 Å². The summed E-state index contributed by atoms with van der Waals surface area (Å²) in [6, 6.07) is 2.26. The third kappa shape index (κ3) is 2.46. The second kappa shape index (κ2) is 6.01. The van der Waals surface area contributed by atoms with Crippen molar-refractivity contribution in [2.45, 2.75) is 34.6 Å². The van der Waals surface area contributed by atoms with Crippen molar-refractivity contribution in [1.82, 2.24) is 9.78 Å². The molecule has 2 heterocycles. The fourth-order valence-electron chi connectivity index (χ4n) is 2.53. The molecule has 2 aromatic heterocycles. The van der Waals surface area contributed by atoms with Gasteiger partial charge in [-0.3, -0.25) is 4.68 Å². The van der Waals surface area contributed by atoms with Gasteiger partial charge in [-0.15, -0.1) is 11.3 Å². The number of thiophene rings is 1. The first-order valence-electron chi connectivity index (χ1n) is 6.92. The van der Waals surface area contributed by atoms with Crippen LogP contribution >= 0.6 is 11.3 Å². The van der Waals surface area contributed by atoms with Gasteiger partial charge < -0.3 is 4.65 Å². The van der Waals surface area contributed by atoms with E-state index in [0.717, 1.165) is 27.4 Å². The number of hydrogen-bond acceptors (Lipinski definition) is 4. The van der Waals surface area contributed by atoms with E-state index >= 15 is 0 Å². The van der Waals surface area contributed by atoms with Gasteiger partial charge in [-0.25, -0.2) is 0 Å². The lowest BCUT2D eigenvalue weighted by atomic mass is 10.0. The molecule has 0 aliphatic rings. The van der Waals surface area contributed by atoms with E-state index in [2.05, 4.69) is 25.0 Å². The minimum Gasteiger partial charge on any atom is -0.566 e. The minimum atomic E-state index is 0.384. The van der Waals surface area contributed by atoms with Crippen molar-refractivity contribution < 1.29 is 4.65 Å². The molecule has 0 bridgehead atoms. The van der Waals surface area contributed by atoms with E-state index in [-0.39, 0.29) is 0 Å². The SMILES string of the molecule is [B]OC(=C(C#N)c1sc(C)c(C)c1C)c1c(C)nn(C)c1C. The maximum atomic E-state index is 9.69. The molecule has 0 saturated heterocycles. The first kappa shape index (κ1) is 16.4. The summed E-state index contributed by atoms with van der Waals surface area (Å²) < 4.78 is 6.89. The number of aryl methyl sites for hydroxylation is 3. The van der Waals surface area contributed by atoms with Gasteiger partial charge in [0.05, 0.1) is 16.1 Å². The van der Waals surface area contributed by atoms with Gasteiger partial charge in [0, 0.05) is 17.6 Å². The summed E-state index contributed by atoms with van der Waals surface area (Å²) in [4.78, 5) is 2.09. The smallest absolute Gasteiger partial charge is 0.374 e. The first-order valence-corrected chi connectivity index (χ1v) is 7.73. The molecule has 6 heteroatoms. The number of nitrogens with zero attached hydrogens (tertiary/aromatic N) is 3. The normalized spacial score (nSPS) is 12.0. The highest BCUT2D eigenvalue weighted by molar-refractivity contribution is 7.13. The molecule has 22 heavy (non-hydrogen) atoms.